The molecular weight excluding hydrogens is 180 g/mol. The Bertz CT molecular complexity index is 186. The van der Waals surface area contributed by atoms with Crippen LogP contribution < -0.4 is 16.8 Å². The van der Waals surface area contributed by atoms with Crippen LogP contribution in [0.15, 0.2) is 0 Å². The molecule has 1 aliphatic heterocycles. The van der Waals surface area contributed by atoms with Gasteiger partial charge in [-0.25, -0.2) is 4.79 Å². The average molecular weight is 200 g/mol. The van der Waals surface area contributed by atoms with Gasteiger partial charge in [-0.1, -0.05) is 0 Å². The van der Waals surface area contributed by atoms with E-state index >= 15 is 0 Å². The number of primary amides is 1. The molecular formula is C9H20N4O. The molecule has 1 saturated heterocycles. The highest BCUT2D eigenvalue weighted by atomic mass is 16.2. The Kier molecular flexibility index (Phi) is 4.69. The number of piperidine rings is 1. The van der Waals surface area contributed by atoms with Crippen molar-refractivity contribution >= 4 is 6.03 Å². The van der Waals surface area contributed by atoms with E-state index in [9.17, 15) is 4.79 Å². The van der Waals surface area contributed by atoms with Crippen molar-refractivity contribution in [3.05, 3.63) is 0 Å². The SMILES string of the molecule is NCCCN1CCC[C@H](NC(N)=O)C1. The number of nitrogens with zero attached hydrogens (tertiary/aromatic N) is 1. The van der Waals surface area contributed by atoms with Gasteiger partial charge in [0.15, 0.2) is 0 Å². The van der Waals surface area contributed by atoms with Gasteiger partial charge in [0.25, 0.3) is 0 Å². The van der Waals surface area contributed by atoms with Crippen LogP contribution in [0.5, 0.6) is 0 Å². The standard InChI is InChI=1S/C9H20N4O/c10-4-2-6-13-5-1-3-8(7-13)12-9(11)14/h8H,1-7,10H2,(H3,11,12,14)/t8-/m0/s1. The van der Waals surface area contributed by atoms with Gasteiger partial charge < -0.3 is 21.7 Å². The second kappa shape index (κ2) is 5.82. The van der Waals surface area contributed by atoms with Crippen LogP contribution in [0.1, 0.15) is 19.3 Å². The van der Waals surface area contributed by atoms with Gasteiger partial charge in [-0.2, -0.15) is 0 Å². The van der Waals surface area contributed by atoms with Gasteiger partial charge in [0.05, 0.1) is 0 Å². The largest absolute Gasteiger partial charge is 0.352 e. The van der Waals surface area contributed by atoms with Crippen LogP contribution in [0, 0.1) is 0 Å². The lowest BCUT2D eigenvalue weighted by Gasteiger charge is -2.32. The lowest BCUT2D eigenvalue weighted by atomic mass is 10.1. The molecule has 1 atom stereocenters. The predicted molar refractivity (Wildman–Crippen MR) is 55.9 cm³/mol. The fraction of sp³-hybridized carbons (Fsp3) is 0.889. The molecule has 0 unspecified atom stereocenters. The van der Waals surface area contributed by atoms with E-state index in [0.717, 1.165) is 45.4 Å². The minimum atomic E-state index is -0.421. The van der Waals surface area contributed by atoms with Gasteiger partial charge in [0, 0.05) is 12.6 Å². The maximum absolute atomic E-state index is 10.7. The number of carbonyl (C=O) groups excluding carboxylic acids is 1. The van der Waals surface area contributed by atoms with Gasteiger partial charge in [-0.05, 0) is 38.9 Å². The van der Waals surface area contributed by atoms with Gasteiger partial charge in [0.2, 0.25) is 0 Å². The van der Waals surface area contributed by atoms with Gasteiger partial charge in [-0.3, -0.25) is 0 Å². The number of likely N-dealkylation sites (tertiary alicyclic amines) is 1. The molecule has 1 fully saturated rings. The van der Waals surface area contributed by atoms with Crippen molar-refractivity contribution in [2.75, 3.05) is 26.2 Å². The maximum atomic E-state index is 10.7. The summed E-state index contributed by atoms with van der Waals surface area (Å²) in [6.07, 6.45) is 3.17. The molecule has 5 N–H and O–H groups in total. The number of hydrogen-bond donors (Lipinski definition) is 3. The van der Waals surface area contributed by atoms with E-state index in [-0.39, 0.29) is 6.04 Å². The van der Waals surface area contributed by atoms with Crippen molar-refractivity contribution in [2.45, 2.75) is 25.3 Å². The Balaban J connectivity index is 2.24. The minimum absolute atomic E-state index is 0.221. The third-order valence-electron chi connectivity index (χ3n) is 2.53. The third-order valence-corrected chi connectivity index (χ3v) is 2.53. The van der Waals surface area contributed by atoms with Crippen LogP contribution in [0.25, 0.3) is 0 Å². The number of nitrogens with one attached hydrogen (secondary N) is 1. The van der Waals surface area contributed by atoms with Crippen molar-refractivity contribution in [1.82, 2.24) is 10.2 Å². The molecule has 0 aliphatic carbocycles. The highest BCUT2D eigenvalue weighted by Gasteiger charge is 2.19. The zero-order valence-corrected chi connectivity index (χ0v) is 8.54. The summed E-state index contributed by atoms with van der Waals surface area (Å²) in [7, 11) is 0. The first kappa shape index (κ1) is 11.3. The fourth-order valence-electron chi connectivity index (χ4n) is 1.89. The lowest BCUT2D eigenvalue weighted by Crippen LogP contribution is -2.49. The monoisotopic (exact) mass is 200 g/mol. The second-order valence-electron chi connectivity index (χ2n) is 3.79. The van der Waals surface area contributed by atoms with Crippen molar-refractivity contribution < 1.29 is 4.79 Å². The number of carbonyl (C=O) groups is 1. The molecule has 1 rings (SSSR count). The van der Waals surface area contributed by atoms with E-state index in [1.54, 1.807) is 0 Å². The fourth-order valence-corrected chi connectivity index (χ4v) is 1.89. The lowest BCUT2D eigenvalue weighted by molar-refractivity contribution is 0.188. The van der Waals surface area contributed by atoms with Crippen LogP contribution >= 0.6 is 0 Å². The molecule has 5 nitrogen and oxygen atoms in total. The van der Waals surface area contributed by atoms with E-state index in [1.165, 1.54) is 0 Å². The summed E-state index contributed by atoms with van der Waals surface area (Å²) < 4.78 is 0. The quantitative estimate of drug-likeness (QED) is 0.570. The van der Waals surface area contributed by atoms with Crippen LogP contribution in [-0.4, -0.2) is 43.2 Å². The number of urea groups is 1. The van der Waals surface area contributed by atoms with E-state index < -0.39 is 6.03 Å². The van der Waals surface area contributed by atoms with Crippen LogP contribution in [0.2, 0.25) is 0 Å². The summed E-state index contributed by atoms with van der Waals surface area (Å²) in [6.45, 7) is 3.76. The van der Waals surface area contributed by atoms with Crippen LogP contribution in [0.4, 0.5) is 4.79 Å². The van der Waals surface area contributed by atoms with E-state index in [0.29, 0.717) is 0 Å². The summed E-state index contributed by atoms with van der Waals surface area (Å²) in [5, 5.41) is 2.75. The summed E-state index contributed by atoms with van der Waals surface area (Å²) in [4.78, 5) is 13.0. The first-order valence-electron chi connectivity index (χ1n) is 5.20. The third kappa shape index (κ3) is 3.93. The smallest absolute Gasteiger partial charge is 0.312 e. The Morgan fingerprint density at radius 3 is 3.00 bits per heavy atom. The van der Waals surface area contributed by atoms with E-state index in [1.807, 2.05) is 0 Å². The van der Waals surface area contributed by atoms with Gasteiger partial charge >= 0.3 is 6.03 Å². The number of hydrogen-bond acceptors (Lipinski definition) is 3. The first-order valence-corrected chi connectivity index (χ1v) is 5.20. The Morgan fingerprint density at radius 2 is 2.36 bits per heavy atom. The number of amides is 2. The zero-order chi connectivity index (χ0) is 10.4. The average Bonchev–Trinajstić information content (AvgIpc) is 2.14. The summed E-state index contributed by atoms with van der Waals surface area (Å²) >= 11 is 0. The summed E-state index contributed by atoms with van der Waals surface area (Å²) in [5.74, 6) is 0. The molecule has 14 heavy (non-hydrogen) atoms. The normalized spacial score (nSPS) is 23.4. The van der Waals surface area contributed by atoms with Crippen molar-refractivity contribution in [2.24, 2.45) is 11.5 Å². The predicted octanol–water partition coefficient (Wildman–Crippen LogP) is -0.532. The molecule has 1 heterocycles. The summed E-state index contributed by atoms with van der Waals surface area (Å²) in [6, 6.07) is -0.199. The molecule has 1 aliphatic rings. The van der Waals surface area contributed by atoms with Crippen molar-refractivity contribution in [3.8, 4) is 0 Å². The molecule has 82 valence electrons. The van der Waals surface area contributed by atoms with Gasteiger partial charge in [-0.15, -0.1) is 0 Å². The Hall–Kier alpha value is -0.810. The molecule has 0 radical (unpaired) electrons. The maximum Gasteiger partial charge on any atom is 0.312 e. The Morgan fingerprint density at radius 1 is 1.57 bits per heavy atom. The number of rotatable bonds is 4. The van der Waals surface area contributed by atoms with Crippen molar-refractivity contribution in [3.63, 3.8) is 0 Å². The van der Waals surface area contributed by atoms with Crippen molar-refractivity contribution in [1.29, 1.82) is 0 Å². The Labute approximate surface area is 84.8 Å². The summed E-state index contributed by atoms with van der Waals surface area (Å²) in [5.41, 5.74) is 10.5. The second-order valence-corrected chi connectivity index (χ2v) is 3.79. The molecule has 0 aromatic carbocycles. The molecule has 0 spiro atoms. The first-order chi connectivity index (χ1) is 6.72. The molecule has 5 heteroatoms. The highest BCUT2D eigenvalue weighted by molar-refractivity contribution is 5.71. The molecule has 0 saturated carbocycles. The van der Waals surface area contributed by atoms with Crippen LogP contribution in [0.3, 0.4) is 0 Å². The highest BCUT2D eigenvalue weighted by Crippen LogP contribution is 2.09. The molecule has 0 aromatic heterocycles. The topological polar surface area (TPSA) is 84.4 Å². The molecule has 0 bridgehead atoms. The molecule has 2 amide bonds. The zero-order valence-electron chi connectivity index (χ0n) is 8.54. The van der Waals surface area contributed by atoms with E-state index in [2.05, 4.69) is 10.2 Å². The minimum Gasteiger partial charge on any atom is -0.352 e. The van der Waals surface area contributed by atoms with Gasteiger partial charge in [0.1, 0.15) is 0 Å². The van der Waals surface area contributed by atoms with Crippen LogP contribution in [-0.2, 0) is 0 Å². The molecule has 0 aromatic rings. The number of nitrogens with two attached hydrogens (primary N) is 2. The van der Waals surface area contributed by atoms with E-state index in [4.69, 9.17) is 11.5 Å².